The summed E-state index contributed by atoms with van der Waals surface area (Å²) in [5.41, 5.74) is 5.22. The molecule has 0 bridgehead atoms. The highest BCUT2D eigenvalue weighted by Crippen LogP contribution is 2.38. The maximum Gasteiger partial charge on any atom is 0.304 e. The number of esters is 1. The molecule has 0 heterocycles. The zero-order valence-corrected chi connectivity index (χ0v) is 13.0. The van der Waals surface area contributed by atoms with Gasteiger partial charge < -0.3 is 9.29 Å². The van der Waals surface area contributed by atoms with E-state index in [-0.39, 0.29) is 6.42 Å². The van der Waals surface area contributed by atoms with Gasteiger partial charge in [0.15, 0.2) is 22.6 Å². The van der Waals surface area contributed by atoms with Crippen molar-refractivity contribution < 1.29 is 23.1 Å². The van der Waals surface area contributed by atoms with Crippen LogP contribution in [0.4, 0.5) is 0 Å². The van der Waals surface area contributed by atoms with Crippen LogP contribution in [0.1, 0.15) is 36.5 Å². The molecule has 1 aromatic carbocycles. The van der Waals surface area contributed by atoms with Gasteiger partial charge in [-0.25, -0.2) is 4.21 Å². The van der Waals surface area contributed by atoms with E-state index in [0.717, 1.165) is 0 Å². The first-order valence-electron chi connectivity index (χ1n) is 7.00. The van der Waals surface area contributed by atoms with Crippen LogP contribution in [0.15, 0.2) is 30.3 Å². The van der Waals surface area contributed by atoms with Crippen LogP contribution < -0.4 is 5.73 Å². The fourth-order valence-corrected chi connectivity index (χ4v) is 3.83. The Labute approximate surface area is 131 Å². The van der Waals surface area contributed by atoms with Crippen molar-refractivity contribution in [1.82, 2.24) is 0 Å². The quantitative estimate of drug-likeness (QED) is 0.367. The number of hydrogen-bond acceptors (Lipinski definition) is 5. The van der Waals surface area contributed by atoms with Gasteiger partial charge >= 0.3 is 5.97 Å². The number of hydrogen-bond donors (Lipinski definition) is 2. The highest BCUT2D eigenvalue weighted by molar-refractivity contribution is 7.80. The average molecular weight is 325 g/mol. The molecule has 0 radical (unpaired) electrons. The molecule has 1 aliphatic carbocycles. The summed E-state index contributed by atoms with van der Waals surface area (Å²) >= 11 is -2.32. The molecule has 1 fully saturated rings. The molecule has 4 atom stereocenters. The Hall–Kier alpha value is -1.57. The fourth-order valence-electron chi connectivity index (χ4n) is 2.95. The van der Waals surface area contributed by atoms with Gasteiger partial charge in [0.1, 0.15) is 5.25 Å². The van der Waals surface area contributed by atoms with Crippen LogP contribution >= 0.6 is 0 Å². The highest BCUT2D eigenvalue weighted by Gasteiger charge is 2.45. The maximum absolute atomic E-state index is 12.5. The molecule has 3 N–H and O–H groups in total. The molecule has 1 aromatic rings. The zero-order chi connectivity index (χ0) is 16.3. The number of benzene rings is 1. The third-order valence-electron chi connectivity index (χ3n) is 3.86. The summed E-state index contributed by atoms with van der Waals surface area (Å²) in [6.45, 7) is 1.26. The lowest BCUT2D eigenvalue weighted by atomic mass is 9.95. The Morgan fingerprint density at radius 3 is 2.59 bits per heavy atom. The van der Waals surface area contributed by atoms with Gasteiger partial charge in [0, 0.05) is 25.3 Å². The maximum atomic E-state index is 12.5. The van der Waals surface area contributed by atoms with E-state index in [1.165, 1.54) is 6.92 Å². The lowest BCUT2D eigenvalue weighted by Gasteiger charge is -2.25. The molecule has 0 spiro atoms. The number of ketones is 1. The summed E-state index contributed by atoms with van der Waals surface area (Å²) < 4.78 is 26.3. The summed E-state index contributed by atoms with van der Waals surface area (Å²) in [6.07, 6.45) is 1.02. The van der Waals surface area contributed by atoms with Gasteiger partial charge in [0.25, 0.3) is 0 Å². The Balaban J connectivity index is 2.18. The Morgan fingerprint density at radius 1 is 1.41 bits per heavy atom. The van der Waals surface area contributed by atoms with E-state index in [0.29, 0.717) is 18.4 Å². The molecule has 0 aliphatic heterocycles. The van der Waals surface area contributed by atoms with Crippen LogP contribution in [-0.2, 0) is 20.6 Å². The van der Waals surface area contributed by atoms with Gasteiger partial charge in [-0.1, -0.05) is 30.3 Å². The molecule has 7 heteroatoms. The summed E-state index contributed by atoms with van der Waals surface area (Å²) in [5.74, 6) is -1.29. The zero-order valence-electron chi connectivity index (χ0n) is 12.2. The molecule has 6 nitrogen and oxygen atoms in total. The molecular formula is C15H19NO5S. The van der Waals surface area contributed by atoms with Crippen molar-refractivity contribution >= 4 is 22.8 Å². The van der Waals surface area contributed by atoms with Gasteiger partial charge in [-0.15, -0.1) is 0 Å². The molecule has 2 unspecified atom stereocenters. The van der Waals surface area contributed by atoms with Crippen LogP contribution in [0.2, 0.25) is 0 Å². The first kappa shape index (κ1) is 16.8. The van der Waals surface area contributed by atoms with E-state index >= 15 is 0 Å². The van der Waals surface area contributed by atoms with Crippen LogP contribution in [0.5, 0.6) is 0 Å². The molecule has 2 rings (SSSR count). The lowest BCUT2D eigenvalue weighted by Crippen LogP contribution is -2.43. The second kappa shape index (κ2) is 6.68. The van der Waals surface area contributed by atoms with Gasteiger partial charge in [-0.05, 0) is 12.3 Å². The SMILES string of the molecule is CC(=O)O[C@]1(N)CC[C@H](C(C(=O)c2ccccc2)S(=O)O)C1. The van der Waals surface area contributed by atoms with Crippen molar-refractivity contribution in [2.24, 2.45) is 11.7 Å². The summed E-state index contributed by atoms with van der Waals surface area (Å²) in [5, 5.41) is -1.07. The monoisotopic (exact) mass is 325 g/mol. The molecule has 0 amide bonds. The van der Waals surface area contributed by atoms with Crippen molar-refractivity contribution in [2.45, 2.75) is 37.2 Å². The van der Waals surface area contributed by atoms with Crippen molar-refractivity contribution in [3.8, 4) is 0 Å². The normalized spacial score (nSPS) is 27.1. The van der Waals surface area contributed by atoms with E-state index in [1.54, 1.807) is 30.3 Å². The number of carbonyl (C=O) groups is 2. The molecule has 0 saturated heterocycles. The molecule has 1 aliphatic rings. The van der Waals surface area contributed by atoms with Crippen LogP contribution in [-0.4, -0.2) is 31.5 Å². The van der Waals surface area contributed by atoms with Gasteiger partial charge in [0.05, 0.1) is 0 Å². The Morgan fingerprint density at radius 2 is 2.05 bits per heavy atom. The number of Topliss-reactive ketones (excluding diaryl/α,β-unsaturated/α-hetero) is 1. The minimum atomic E-state index is -2.32. The molecule has 0 aromatic heterocycles. The molecular weight excluding hydrogens is 306 g/mol. The van der Waals surface area contributed by atoms with Gasteiger partial charge in [-0.2, -0.15) is 0 Å². The van der Waals surface area contributed by atoms with E-state index in [2.05, 4.69) is 0 Å². The Kier molecular flexibility index (Phi) is 5.10. The summed E-state index contributed by atoms with van der Waals surface area (Å²) in [4.78, 5) is 23.6. The summed E-state index contributed by atoms with van der Waals surface area (Å²) in [7, 11) is 0. The number of rotatable bonds is 5. The van der Waals surface area contributed by atoms with E-state index in [9.17, 15) is 18.4 Å². The van der Waals surface area contributed by atoms with Gasteiger partial charge in [-0.3, -0.25) is 15.3 Å². The highest BCUT2D eigenvalue weighted by atomic mass is 32.2. The largest absolute Gasteiger partial charge is 0.444 e. The topological polar surface area (TPSA) is 107 Å². The first-order chi connectivity index (χ1) is 10.3. The van der Waals surface area contributed by atoms with Crippen molar-refractivity contribution in [2.75, 3.05) is 0 Å². The standard InChI is InChI=1S/C15H19NO5S/c1-10(17)21-15(16)8-7-12(9-15)14(22(19)20)13(18)11-5-3-2-4-6-11/h2-6,12,14H,7-9,16H2,1H3,(H,19,20)/t12-,14?,15+/m0/s1. The predicted molar refractivity (Wildman–Crippen MR) is 81.4 cm³/mol. The van der Waals surface area contributed by atoms with Crippen LogP contribution in [0.3, 0.4) is 0 Å². The molecule has 120 valence electrons. The van der Waals surface area contributed by atoms with E-state index < -0.39 is 39.7 Å². The Bertz CT molecular complexity index is 591. The lowest BCUT2D eigenvalue weighted by molar-refractivity contribution is -0.156. The van der Waals surface area contributed by atoms with E-state index in [1.807, 2.05) is 0 Å². The van der Waals surface area contributed by atoms with Crippen LogP contribution in [0, 0.1) is 5.92 Å². The van der Waals surface area contributed by atoms with Gasteiger partial charge in [0.2, 0.25) is 0 Å². The van der Waals surface area contributed by atoms with Crippen molar-refractivity contribution in [3.63, 3.8) is 0 Å². The third-order valence-corrected chi connectivity index (χ3v) is 4.89. The van der Waals surface area contributed by atoms with Crippen molar-refractivity contribution in [1.29, 1.82) is 0 Å². The second-order valence-corrected chi connectivity index (χ2v) is 6.65. The summed E-state index contributed by atoms with van der Waals surface area (Å²) in [6, 6.07) is 8.39. The minimum absolute atomic E-state index is 0.197. The first-order valence-corrected chi connectivity index (χ1v) is 8.17. The minimum Gasteiger partial charge on any atom is -0.444 e. The predicted octanol–water partition coefficient (Wildman–Crippen LogP) is 1.48. The number of carbonyl (C=O) groups excluding carboxylic acids is 2. The third kappa shape index (κ3) is 3.79. The van der Waals surface area contributed by atoms with E-state index in [4.69, 9.17) is 10.5 Å². The fraction of sp³-hybridized carbons (Fsp3) is 0.467. The van der Waals surface area contributed by atoms with Crippen molar-refractivity contribution in [3.05, 3.63) is 35.9 Å². The smallest absolute Gasteiger partial charge is 0.304 e. The van der Waals surface area contributed by atoms with Crippen LogP contribution in [0.25, 0.3) is 0 Å². The molecule has 22 heavy (non-hydrogen) atoms. The second-order valence-electron chi connectivity index (χ2n) is 5.59. The number of nitrogens with two attached hydrogens (primary N) is 1. The molecule has 1 saturated carbocycles. The number of ether oxygens (including phenoxy) is 1. The average Bonchev–Trinajstić information content (AvgIpc) is 2.80.